The molecule has 1 aliphatic heterocycles. The van der Waals surface area contributed by atoms with Crippen LogP contribution in [-0.4, -0.2) is 43.6 Å². The molecule has 2 aromatic rings. The van der Waals surface area contributed by atoms with Gasteiger partial charge in [0, 0.05) is 12.5 Å². The summed E-state index contributed by atoms with van der Waals surface area (Å²) in [5.74, 6) is 0.241. The Labute approximate surface area is 178 Å². The predicted molar refractivity (Wildman–Crippen MR) is 115 cm³/mol. The van der Waals surface area contributed by atoms with Crippen molar-refractivity contribution in [2.75, 3.05) is 26.8 Å². The lowest BCUT2D eigenvalue weighted by molar-refractivity contribution is -0.146. The van der Waals surface area contributed by atoms with Crippen molar-refractivity contribution in [3.8, 4) is 5.75 Å². The molecule has 0 radical (unpaired) electrons. The molecule has 0 unspecified atom stereocenters. The van der Waals surface area contributed by atoms with E-state index in [-0.39, 0.29) is 11.8 Å². The molecule has 6 nitrogen and oxygen atoms in total. The highest BCUT2D eigenvalue weighted by molar-refractivity contribution is 5.86. The smallest absolute Gasteiger partial charge is 0.333 e. The normalized spacial score (nSPS) is 15.9. The average Bonchev–Trinajstić information content (AvgIpc) is 2.79. The van der Waals surface area contributed by atoms with Crippen molar-refractivity contribution >= 4 is 11.9 Å². The number of hydrogen-bond acceptors (Lipinski definition) is 5. The fraction of sp³-hybridized carbons (Fsp3) is 0.417. The Balaban J connectivity index is 1.52. The fourth-order valence-electron chi connectivity index (χ4n) is 3.77. The van der Waals surface area contributed by atoms with Crippen molar-refractivity contribution < 1.29 is 19.1 Å². The van der Waals surface area contributed by atoms with Gasteiger partial charge in [0.15, 0.2) is 6.04 Å². The molecule has 2 aromatic carbocycles. The lowest BCUT2D eigenvalue weighted by atomic mass is 9.94. The monoisotopic (exact) mass is 410 g/mol. The molecule has 0 bridgehead atoms. The zero-order valence-electron chi connectivity index (χ0n) is 17.7. The molecule has 3 rings (SSSR count). The van der Waals surface area contributed by atoms with E-state index in [1.54, 1.807) is 0 Å². The van der Waals surface area contributed by atoms with Crippen LogP contribution in [-0.2, 0) is 20.9 Å². The van der Waals surface area contributed by atoms with Crippen LogP contribution in [0.15, 0.2) is 54.6 Å². The van der Waals surface area contributed by atoms with Crippen LogP contribution in [0.5, 0.6) is 5.75 Å². The Bertz CT molecular complexity index is 815. The van der Waals surface area contributed by atoms with E-state index in [0.717, 1.165) is 43.8 Å². The van der Waals surface area contributed by atoms with Crippen LogP contribution >= 0.6 is 0 Å². The van der Waals surface area contributed by atoms with Gasteiger partial charge >= 0.3 is 5.97 Å². The molecule has 30 heavy (non-hydrogen) atoms. The lowest BCUT2D eigenvalue weighted by Crippen LogP contribution is -2.43. The van der Waals surface area contributed by atoms with Gasteiger partial charge in [-0.15, -0.1) is 0 Å². The number of ether oxygens (including phenoxy) is 2. The van der Waals surface area contributed by atoms with E-state index < -0.39 is 12.0 Å². The minimum Gasteiger partial charge on any atom is -0.494 e. The van der Waals surface area contributed by atoms with Crippen LogP contribution in [0.2, 0.25) is 0 Å². The van der Waals surface area contributed by atoms with Gasteiger partial charge in [-0.1, -0.05) is 42.5 Å². The summed E-state index contributed by atoms with van der Waals surface area (Å²) in [5.41, 5.74) is 1.96. The zero-order valence-corrected chi connectivity index (χ0v) is 17.7. The Morgan fingerprint density at radius 1 is 1.07 bits per heavy atom. The third-order valence-corrected chi connectivity index (χ3v) is 5.46. The molecule has 6 heteroatoms. The van der Waals surface area contributed by atoms with E-state index in [1.807, 2.05) is 49.4 Å². The molecule has 1 N–H and O–H groups in total. The number of rotatable bonds is 8. The van der Waals surface area contributed by atoms with Gasteiger partial charge < -0.3 is 14.8 Å². The van der Waals surface area contributed by atoms with Crippen molar-refractivity contribution in [2.24, 2.45) is 5.92 Å². The first-order valence-corrected chi connectivity index (χ1v) is 10.5. The van der Waals surface area contributed by atoms with Gasteiger partial charge in [-0.3, -0.25) is 9.69 Å². The molecular formula is C24H30N2O4. The maximum absolute atomic E-state index is 12.8. The van der Waals surface area contributed by atoms with Crippen molar-refractivity contribution in [2.45, 2.75) is 32.4 Å². The Morgan fingerprint density at radius 2 is 1.73 bits per heavy atom. The highest BCUT2D eigenvalue weighted by Crippen LogP contribution is 2.22. The van der Waals surface area contributed by atoms with E-state index >= 15 is 0 Å². The standard InChI is InChI=1S/C24H30N2O4/c1-3-30-21-11-9-18(10-12-21)17-26-15-13-20(14-16-26)23(27)25-22(24(28)29-2)19-7-5-4-6-8-19/h4-12,20,22H,3,13-17H2,1-2H3,(H,25,27)/t22-/m0/s1. The molecule has 1 heterocycles. The van der Waals surface area contributed by atoms with Gasteiger partial charge in [0.05, 0.1) is 13.7 Å². The van der Waals surface area contributed by atoms with Crippen molar-refractivity contribution in [1.29, 1.82) is 0 Å². The van der Waals surface area contributed by atoms with E-state index in [0.29, 0.717) is 6.61 Å². The minimum atomic E-state index is -0.773. The number of nitrogens with zero attached hydrogens (tertiary/aromatic N) is 1. The molecule has 1 fully saturated rings. The van der Waals surface area contributed by atoms with Gasteiger partial charge in [0.25, 0.3) is 0 Å². The van der Waals surface area contributed by atoms with Crippen molar-refractivity contribution in [3.05, 3.63) is 65.7 Å². The summed E-state index contributed by atoms with van der Waals surface area (Å²) in [6.07, 6.45) is 1.54. The SMILES string of the molecule is CCOc1ccc(CN2CCC(C(=O)N[C@H](C(=O)OC)c3ccccc3)CC2)cc1. The molecule has 0 spiro atoms. The summed E-state index contributed by atoms with van der Waals surface area (Å²) in [7, 11) is 1.34. The molecule has 0 saturated carbocycles. The number of likely N-dealkylation sites (tertiary alicyclic amines) is 1. The Hall–Kier alpha value is -2.86. The van der Waals surface area contributed by atoms with Crippen LogP contribution in [0.25, 0.3) is 0 Å². The van der Waals surface area contributed by atoms with E-state index in [9.17, 15) is 9.59 Å². The first kappa shape index (κ1) is 21.8. The summed E-state index contributed by atoms with van der Waals surface area (Å²) in [6, 6.07) is 16.6. The lowest BCUT2D eigenvalue weighted by Gasteiger charge is -2.32. The fourth-order valence-corrected chi connectivity index (χ4v) is 3.77. The second-order valence-corrected chi connectivity index (χ2v) is 7.50. The third-order valence-electron chi connectivity index (χ3n) is 5.46. The van der Waals surface area contributed by atoms with Gasteiger partial charge in [-0.05, 0) is 56.1 Å². The maximum atomic E-state index is 12.8. The molecule has 0 aliphatic carbocycles. The number of methoxy groups -OCH3 is 1. The summed E-state index contributed by atoms with van der Waals surface area (Å²) >= 11 is 0. The number of esters is 1. The summed E-state index contributed by atoms with van der Waals surface area (Å²) in [4.78, 5) is 27.4. The molecule has 1 saturated heterocycles. The van der Waals surface area contributed by atoms with E-state index in [2.05, 4.69) is 22.3 Å². The minimum absolute atomic E-state index is 0.0880. The van der Waals surface area contributed by atoms with Crippen LogP contribution in [0.4, 0.5) is 0 Å². The predicted octanol–water partition coefficient (Wildman–Crippen LogP) is 3.33. The number of hydrogen-bond donors (Lipinski definition) is 1. The van der Waals surface area contributed by atoms with Gasteiger partial charge in [-0.2, -0.15) is 0 Å². The highest BCUT2D eigenvalue weighted by Gasteiger charge is 2.29. The van der Waals surface area contributed by atoms with E-state index in [4.69, 9.17) is 9.47 Å². The Kier molecular flexibility index (Phi) is 7.85. The van der Waals surface area contributed by atoms with Crippen LogP contribution in [0.3, 0.4) is 0 Å². The molecular weight excluding hydrogens is 380 g/mol. The zero-order chi connectivity index (χ0) is 21.3. The first-order chi connectivity index (χ1) is 14.6. The molecule has 1 amide bonds. The number of carbonyl (C=O) groups is 2. The quantitative estimate of drug-likeness (QED) is 0.676. The topological polar surface area (TPSA) is 67.9 Å². The second-order valence-electron chi connectivity index (χ2n) is 7.50. The number of amides is 1. The van der Waals surface area contributed by atoms with Gasteiger partial charge in [-0.25, -0.2) is 4.79 Å². The number of carbonyl (C=O) groups excluding carboxylic acids is 2. The summed E-state index contributed by atoms with van der Waals surface area (Å²) in [5, 5.41) is 2.89. The summed E-state index contributed by atoms with van der Waals surface area (Å²) in [6.45, 7) is 5.19. The maximum Gasteiger partial charge on any atom is 0.333 e. The molecule has 1 aliphatic rings. The van der Waals surface area contributed by atoms with Gasteiger partial charge in [0.2, 0.25) is 5.91 Å². The highest BCUT2D eigenvalue weighted by atomic mass is 16.5. The van der Waals surface area contributed by atoms with Crippen molar-refractivity contribution in [3.63, 3.8) is 0 Å². The van der Waals surface area contributed by atoms with Crippen LogP contribution < -0.4 is 10.1 Å². The Morgan fingerprint density at radius 3 is 2.33 bits per heavy atom. The molecule has 1 atom stereocenters. The molecule has 0 aromatic heterocycles. The van der Waals surface area contributed by atoms with Gasteiger partial charge in [0.1, 0.15) is 5.75 Å². The van der Waals surface area contributed by atoms with E-state index in [1.165, 1.54) is 12.7 Å². The summed E-state index contributed by atoms with van der Waals surface area (Å²) < 4.78 is 10.4. The molecule has 160 valence electrons. The second kappa shape index (κ2) is 10.8. The van der Waals surface area contributed by atoms with Crippen LogP contribution in [0, 0.1) is 5.92 Å². The largest absolute Gasteiger partial charge is 0.494 e. The van der Waals surface area contributed by atoms with Crippen molar-refractivity contribution in [1.82, 2.24) is 10.2 Å². The number of benzene rings is 2. The third kappa shape index (κ3) is 5.83. The van der Waals surface area contributed by atoms with Crippen LogP contribution in [0.1, 0.15) is 36.9 Å². The average molecular weight is 411 g/mol. The first-order valence-electron chi connectivity index (χ1n) is 10.5. The number of piperidine rings is 1. The number of nitrogens with one attached hydrogen (secondary N) is 1.